The first kappa shape index (κ1) is 60.7. The molecule has 1 amide bonds. The summed E-state index contributed by atoms with van der Waals surface area (Å²) in [5, 5.41) is 1.11. The van der Waals surface area contributed by atoms with E-state index in [0.717, 1.165) is 48.8 Å². The maximum Gasteiger partial charge on any atom is 0.417 e. The van der Waals surface area contributed by atoms with Gasteiger partial charge in [-0.2, -0.15) is 26.3 Å². The number of anilines is 3. The van der Waals surface area contributed by atoms with E-state index in [1.807, 2.05) is 0 Å². The summed E-state index contributed by atoms with van der Waals surface area (Å²) < 4.78 is 135. The zero-order chi connectivity index (χ0) is 54.1. The quantitative estimate of drug-likeness (QED) is 0.0296. The lowest BCUT2D eigenvalue weighted by atomic mass is 9.97. The number of aryl methyl sites for hydroxylation is 2. The second kappa shape index (κ2) is 24.9. The van der Waals surface area contributed by atoms with Crippen molar-refractivity contribution >= 4 is 107 Å². The number of hydrogen-bond donors (Lipinski definition) is 4. The SMILES string of the molecule is C.CN=C=O.CNC(=O)Cc1ccc(C)c(C(=O)c2ncc(Cl)cc2NS(=O)(=O)c2ccc(Cl)c(C(F)(F)F)c2)c1.Cc1ccc(N)cc1C(=O)c1ncc(Cl)cc1NS(=O)(=O)c1ccc(Cl)c(C(F)(F)F)c1. The van der Waals surface area contributed by atoms with Crippen LogP contribution in [0.2, 0.25) is 20.1 Å². The summed E-state index contributed by atoms with van der Waals surface area (Å²) in [5.74, 6) is -1.62. The summed E-state index contributed by atoms with van der Waals surface area (Å²) in [6.07, 6.45) is -6.19. The van der Waals surface area contributed by atoms with Gasteiger partial charge >= 0.3 is 12.4 Å². The molecule has 0 radical (unpaired) electrons. The Balaban J connectivity index is 0.000000356. The maximum atomic E-state index is 13.4. The van der Waals surface area contributed by atoms with Crippen LogP contribution < -0.4 is 20.5 Å². The minimum atomic E-state index is -4.89. The zero-order valence-corrected chi connectivity index (χ0v) is 41.9. The number of carbonyl (C=O) groups excluding carboxylic acids is 4. The van der Waals surface area contributed by atoms with E-state index >= 15 is 0 Å². The minimum Gasteiger partial charge on any atom is -0.399 e. The summed E-state index contributed by atoms with van der Waals surface area (Å²) in [7, 11) is -6.34. The number of aromatic nitrogens is 2. The van der Waals surface area contributed by atoms with E-state index in [1.165, 1.54) is 32.3 Å². The Morgan fingerprint density at radius 3 is 1.44 bits per heavy atom. The highest BCUT2D eigenvalue weighted by molar-refractivity contribution is 7.93. The Morgan fingerprint density at radius 1 is 0.658 bits per heavy atom. The van der Waals surface area contributed by atoms with E-state index in [2.05, 4.69) is 29.7 Å². The van der Waals surface area contributed by atoms with Crippen LogP contribution in [0.1, 0.15) is 67.3 Å². The number of amides is 1. The molecule has 0 bridgehead atoms. The van der Waals surface area contributed by atoms with Crippen molar-refractivity contribution < 1.29 is 62.4 Å². The van der Waals surface area contributed by atoms with Gasteiger partial charge in [-0.1, -0.05) is 72.0 Å². The maximum absolute atomic E-state index is 13.4. The van der Waals surface area contributed by atoms with Gasteiger partial charge in [0.05, 0.1) is 58.8 Å². The van der Waals surface area contributed by atoms with Crippen LogP contribution in [0.15, 0.2) is 112 Å². The smallest absolute Gasteiger partial charge is 0.399 e. The normalized spacial score (nSPS) is 11.3. The molecule has 0 atom stereocenters. The van der Waals surface area contributed by atoms with Crippen LogP contribution in [0, 0.1) is 13.8 Å². The molecule has 4 aromatic carbocycles. The molecule has 2 heterocycles. The van der Waals surface area contributed by atoms with Crippen LogP contribution in [0.3, 0.4) is 0 Å². The first-order chi connectivity index (χ1) is 33.4. The summed E-state index contributed by atoms with van der Waals surface area (Å²) in [6, 6.07) is 15.8. The highest BCUT2D eigenvalue weighted by Gasteiger charge is 2.36. The van der Waals surface area contributed by atoms with Crippen molar-refractivity contribution in [3.05, 3.63) is 168 Å². The number of nitrogens with two attached hydrogens (primary N) is 1. The number of pyridine rings is 2. The molecule has 15 nitrogen and oxygen atoms in total. The molecule has 0 unspecified atom stereocenters. The van der Waals surface area contributed by atoms with E-state index in [-0.39, 0.29) is 63.7 Å². The molecule has 73 heavy (non-hydrogen) atoms. The van der Waals surface area contributed by atoms with Crippen LogP contribution in [0.4, 0.5) is 43.4 Å². The number of rotatable bonds is 12. The van der Waals surface area contributed by atoms with Gasteiger partial charge in [-0.25, -0.2) is 36.6 Å². The second-order valence-electron chi connectivity index (χ2n) is 14.6. The average Bonchev–Trinajstić information content (AvgIpc) is 3.29. The number of nitrogen functional groups attached to an aromatic ring is 1. The van der Waals surface area contributed by atoms with Gasteiger partial charge in [0.2, 0.25) is 23.6 Å². The Bertz CT molecular complexity index is 3360. The van der Waals surface area contributed by atoms with Gasteiger partial charge in [0.15, 0.2) is 0 Å². The topological polar surface area (TPSA) is 237 Å². The molecule has 0 saturated carbocycles. The van der Waals surface area contributed by atoms with E-state index in [4.69, 9.17) is 56.9 Å². The predicted molar refractivity (Wildman–Crippen MR) is 265 cm³/mol. The van der Waals surface area contributed by atoms with Crippen molar-refractivity contribution in [1.82, 2.24) is 15.3 Å². The summed E-state index contributed by atoms with van der Waals surface area (Å²) in [4.78, 5) is 56.4. The number of halogens is 10. The lowest BCUT2D eigenvalue weighted by Crippen LogP contribution is -2.20. The van der Waals surface area contributed by atoms with Crippen molar-refractivity contribution in [1.29, 1.82) is 0 Å². The number of aliphatic imine (C=N–C) groups is 1. The Kier molecular flexibility index (Phi) is 20.7. The predicted octanol–water partition coefficient (Wildman–Crippen LogP) is 11.0. The monoisotopic (exact) mass is 1140 g/mol. The molecular formula is C46H39Cl4F6N7O8S2. The molecule has 388 valence electrons. The van der Waals surface area contributed by atoms with Crippen molar-refractivity contribution in [2.75, 3.05) is 29.3 Å². The lowest BCUT2D eigenvalue weighted by Gasteiger charge is -2.15. The van der Waals surface area contributed by atoms with Crippen molar-refractivity contribution in [2.24, 2.45) is 4.99 Å². The number of isocyanates is 1. The first-order valence-electron chi connectivity index (χ1n) is 19.8. The number of sulfonamides is 2. The van der Waals surface area contributed by atoms with Gasteiger partial charge in [-0.15, -0.1) is 0 Å². The molecule has 6 aromatic rings. The summed E-state index contributed by atoms with van der Waals surface area (Å²) >= 11 is 23.0. The zero-order valence-electron chi connectivity index (χ0n) is 37.2. The number of carbonyl (C=O) groups is 3. The number of nitrogens with one attached hydrogen (secondary N) is 3. The fourth-order valence-electron chi connectivity index (χ4n) is 6.02. The largest absolute Gasteiger partial charge is 0.417 e. The minimum absolute atomic E-state index is 0. The standard InChI is InChI=1S/C23H18Cl2F3N3O4S.C20H14Cl2F3N3O3S.C2H3NO.CH4/c1-12-3-4-13(8-20(32)29-2)7-16(12)22(33)21-19(9-14(24)11-30-21)31-36(34,35)15-5-6-18(25)17(10-15)23(26,27)28;1-10-2-3-12(26)7-14(10)19(29)18-17(6-11(21)9-27-18)28-32(30,31)13-4-5-16(22)15(8-13)20(23,24)25;1-3-2-4;/h3-7,9-11,31H,8H2,1-2H3,(H,29,32);2-9,28H,26H2,1H3;1H3;1H4. The number of alkyl halides is 6. The van der Waals surface area contributed by atoms with Crippen LogP contribution in [-0.4, -0.2) is 64.5 Å². The van der Waals surface area contributed by atoms with Crippen LogP contribution in [-0.2, 0) is 48.4 Å². The van der Waals surface area contributed by atoms with Gasteiger partial charge in [-0.05, 0) is 97.3 Å². The van der Waals surface area contributed by atoms with Crippen molar-refractivity contribution in [2.45, 2.75) is 49.8 Å². The molecule has 0 spiro atoms. The third-order valence-electron chi connectivity index (χ3n) is 9.52. The summed E-state index contributed by atoms with van der Waals surface area (Å²) in [5.41, 5.74) is 4.01. The van der Waals surface area contributed by atoms with Crippen LogP contribution >= 0.6 is 46.4 Å². The van der Waals surface area contributed by atoms with Gasteiger partial charge in [0.1, 0.15) is 11.4 Å². The molecular weight excluding hydrogens is 1100 g/mol. The second-order valence-corrected chi connectivity index (χ2v) is 19.7. The highest BCUT2D eigenvalue weighted by atomic mass is 35.5. The Labute approximate surface area is 434 Å². The first-order valence-corrected chi connectivity index (χ1v) is 24.2. The number of hydrogen-bond acceptors (Lipinski definition) is 12. The highest BCUT2D eigenvalue weighted by Crippen LogP contribution is 2.38. The molecule has 0 saturated heterocycles. The molecule has 27 heteroatoms. The third kappa shape index (κ3) is 16.0. The van der Waals surface area contributed by atoms with Gasteiger partial charge < -0.3 is 11.1 Å². The number of nitrogens with zero attached hydrogens (tertiary/aromatic N) is 3. The number of likely N-dealkylation sites (N-methyl/N-ethyl adjacent to an activating group) is 1. The number of ketones is 2. The molecule has 5 N–H and O–H groups in total. The Morgan fingerprint density at radius 2 is 1.05 bits per heavy atom. The molecule has 0 aliphatic heterocycles. The fourth-order valence-corrected chi connectivity index (χ4v) is 8.95. The Hall–Kier alpha value is -6.59. The van der Waals surface area contributed by atoms with Crippen LogP contribution in [0.25, 0.3) is 0 Å². The van der Waals surface area contributed by atoms with Gasteiger partial charge in [0.25, 0.3) is 20.0 Å². The van der Waals surface area contributed by atoms with Crippen molar-refractivity contribution in [3.8, 4) is 0 Å². The molecule has 0 aliphatic carbocycles. The fraction of sp³-hybridized carbons (Fsp3) is 0.174. The van der Waals surface area contributed by atoms with E-state index in [0.29, 0.717) is 34.5 Å². The average molecular weight is 1140 g/mol. The van der Waals surface area contributed by atoms with Crippen molar-refractivity contribution in [3.63, 3.8) is 0 Å². The van der Waals surface area contributed by atoms with Gasteiger partial charge in [-0.3, -0.25) is 23.8 Å². The molecule has 2 aromatic heterocycles. The molecule has 0 aliphatic rings. The van der Waals surface area contributed by atoms with E-state index in [1.54, 1.807) is 38.1 Å². The van der Waals surface area contributed by atoms with E-state index < -0.39 is 74.9 Å². The summed E-state index contributed by atoms with van der Waals surface area (Å²) in [6.45, 7) is 3.29. The lowest BCUT2D eigenvalue weighted by molar-refractivity contribution is -0.138. The van der Waals surface area contributed by atoms with Crippen LogP contribution in [0.5, 0.6) is 0 Å². The molecule has 6 rings (SSSR count). The third-order valence-corrected chi connectivity index (χ3v) is 13.3. The van der Waals surface area contributed by atoms with Gasteiger partial charge in [0, 0.05) is 43.3 Å². The molecule has 0 fully saturated rings. The van der Waals surface area contributed by atoms with E-state index in [9.17, 15) is 57.6 Å². The number of benzene rings is 4.